The van der Waals surface area contributed by atoms with Gasteiger partial charge in [0.25, 0.3) is 0 Å². The molecule has 0 bridgehead atoms. The van der Waals surface area contributed by atoms with E-state index in [1.807, 2.05) is 34.8 Å². The molecule has 1 saturated carbocycles. The SMILES string of the molecule is O=C(Cc1cccs1)N1CCc2c(COCC3CC3)cncc2C1.O=C(O)C(F)(F)F. The highest BCUT2D eigenvalue weighted by molar-refractivity contribution is 7.10. The fourth-order valence-electron chi connectivity index (χ4n) is 3.20. The van der Waals surface area contributed by atoms with Crippen LogP contribution in [0.25, 0.3) is 0 Å². The van der Waals surface area contributed by atoms with Crippen LogP contribution in [-0.2, 0) is 40.3 Å². The molecule has 4 rings (SSSR count). The van der Waals surface area contributed by atoms with Gasteiger partial charge in [-0.15, -0.1) is 11.3 Å². The van der Waals surface area contributed by atoms with Crippen molar-refractivity contribution in [2.24, 2.45) is 5.92 Å². The number of carboxylic acids is 1. The number of carbonyl (C=O) groups is 2. The smallest absolute Gasteiger partial charge is 0.475 e. The average molecular weight is 456 g/mol. The molecule has 31 heavy (non-hydrogen) atoms. The van der Waals surface area contributed by atoms with Gasteiger partial charge < -0.3 is 14.7 Å². The number of thiophene rings is 1. The van der Waals surface area contributed by atoms with Gasteiger partial charge in [-0.1, -0.05) is 6.07 Å². The van der Waals surface area contributed by atoms with Crippen molar-refractivity contribution in [2.75, 3.05) is 13.2 Å². The highest BCUT2D eigenvalue weighted by Gasteiger charge is 2.38. The van der Waals surface area contributed by atoms with E-state index < -0.39 is 12.1 Å². The van der Waals surface area contributed by atoms with E-state index in [9.17, 15) is 18.0 Å². The number of fused-ring (bicyclic) bond motifs is 1. The second-order valence-corrected chi connectivity index (χ2v) is 8.55. The van der Waals surface area contributed by atoms with Gasteiger partial charge in [-0.2, -0.15) is 13.2 Å². The molecule has 0 saturated heterocycles. The molecular weight excluding hydrogens is 433 g/mol. The van der Waals surface area contributed by atoms with Crippen LogP contribution in [-0.4, -0.2) is 46.2 Å². The van der Waals surface area contributed by atoms with E-state index in [1.54, 1.807) is 11.3 Å². The Morgan fingerprint density at radius 2 is 2.03 bits per heavy atom. The van der Waals surface area contributed by atoms with E-state index in [1.165, 1.54) is 29.5 Å². The van der Waals surface area contributed by atoms with Crippen molar-refractivity contribution in [1.82, 2.24) is 9.88 Å². The van der Waals surface area contributed by atoms with Crippen LogP contribution in [0.5, 0.6) is 0 Å². The molecule has 3 heterocycles. The summed E-state index contributed by atoms with van der Waals surface area (Å²) in [5.74, 6) is -1.77. The van der Waals surface area contributed by atoms with Crippen LogP contribution in [0, 0.1) is 5.92 Å². The van der Waals surface area contributed by atoms with Crippen molar-refractivity contribution in [1.29, 1.82) is 0 Å². The van der Waals surface area contributed by atoms with Crippen LogP contribution >= 0.6 is 11.3 Å². The summed E-state index contributed by atoms with van der Waals surface area (Å²) in [6.07, 6.45) is 2.78. The van der Waals surface area contributed by atoms with Gasteiger partial charge in [0.15, 0.2) is 0 Å². The minimum absolute atomic E-state index is 0.207. The fourth-order valence-corrected chi connectivity index (χ4v) is 3.90. The molecule has 6 nitrogen and oxygen atoms in total. The number of carbonyl (C=O) groups excluding carboxylic acids is 1. The number of alkyl halides is 3. The van der Waals surface area contributed by atoms with Crippen LogP contribution in [0.4, 0.5) is 13.2 Å². The molecule has 1 fully saturated rings. The first kappa shape index (κ1) is 23.2. The highest BCUT2D eigenvalue weighted by Crippen LogP contribution is 2.29. The Bertz CT molecular complexity index is 899. The maximum absolute atomic E-state index is 12.5. The third kappa shape index (κ3) is 7.03. The molecule has 0 spiro atoms. The van der Waals surface area contributed by atoms with E-state index in [0.29, 0.717) is 19.6 Å². The summed E-state index contributed by atoms with van der Waals surface area (Å²) in [7, 11) is 0. The lowest BCUT2D eigenvalue weighted by molar-refractivity contribution is -0.192. The van der Waals surface area contributed by atoms with E-state index in [-0.39, 0.29) is 5.91 Å². The molecule has 168 valence electrons. The van der Waals surface area contributed by atoms with Crippen LogP contribution < -0.4 is 0 Å². The Kier molecular flexibility index (Phi) is 7.66. The lowest BCUT2D eigenvalue weighted by Gasteiger charge is -2.30. The highest BCUT2D eigenvalue weighted by atomic mass is 32.1. The first-order valence-electron chi connectivity index (χ1n) is 9.86. The topological polar surface area (TPSA) is 79.7 Å². The largest absolute Gasteiger partial charge is 0.490 e. The molecule has 0 radical (unpaired) electrons. The van der Waals surface area contributed by atoms with Crippen LogP contribution in [0.15, 0.2) is 29.9 Å². The number of aliphatic carboxylic acids is 1. The fraction of sp³-hybridized carbons (Fsp3) is 0.476. The molecule has 2 aliphatic rings. The minimum atomic E-state index is -5.08. The van der Waals surface area contributed by atoms with Crippen molar-refractivity contribution in [3.63, 3.8) is 0 Å². The van der Waals surface area contributed by atoms with Crippen molar-refractivity contribution < 1.29 is 32.6 Å². The van der Waals surface area contributed by atoms with Gasteiger partial charge in [-0.05, 0) is 53.3 Å². The summed E-state index contributed by atoms with van der Waals surface area (Å²) in [5, 5.41) is 9.14. The zero-order valence-corrected chi connectivity index (χ0v) is 17.5. The van der Waals surface area contributed by atoms with Gasteiger partial charge in [0.1, 0.15) is 0 Å². The summed E-state index contributed by atoms with van der Waals surface area (Å²) in [5.41, 5.74) is 3.70. The van der Waals surface area contributed by atoms with Crippen LogP contribution in [0.1, 0.15) is 34.4 Å². The minimum Gasteiger partial charge on any atom is -0.475 e. The number of aromatic nitrogens is 1. The lowest BCUT2D eigenvalue weighted by Crippen LogP contribution is -2.37. The number of hydrogen-bond acceptors (Lipinski definition) is 5. The molecular formula is C21H23F3N2O4S. The predicted octanol–water partition coefficient (Wildman–Crippen LogP) is 3.83. The summed E-state index contributed by atoms with van der Waals surface area (Å²) >= 11 is 1.64. The van der Waals surface area contributed by atoms with E-state index in [2.05, 4.69) is 4.98 Å². The van der Waals surface area contributed by atoms with Crippen molar-refractivity contribution in [2.45, 2.75) is 45.0 Å². The van der Waals surface area contributed by atoms with Crippen molar-refractivity contribution >= 4 is 23.2 Å². The summed E-state index contributed by atoms with van der Waals surface area (Å²) in [6, 6.07) is 4.02. The molecule has 1 N–H and O–H groups in total. The van der Waals surface area contributed by atoms with E-state index in [0.717, 1.165) is 30.4 Å². The van der Waals surface area contributed by atoms with Gasteiger partial charge in [-0.3, -0.25) is 9.78 Å². The number of rotatable bonds is 6. The number of halogens is 3. The standard InChI is InChI=1S/C19H22N2O2S.C2HF3O2/c22-19(8-17-2-1-7-24-17)21-6-5-18-15(11-21)9-20-10-16(18)13-23-12-14-3-4-14;3-2(4,5)1(6)7/h1-2,7,9-10,14H,3-6,8,11-13H2;(H,6,7). The third-order valence-electron chi connectivity index (χ3n) is 5.04. The number of ether oxygens (including phenoxy) is 1. The first-order chi connectivity index (χ1) is 14.7. The molecule has 2 aromatic heterocycles. The maximum atomic E-state index is 12.5. The summed E-state index contributed by atoms with van der Waals surface area (Å²) in [6.45, 7) is 2.98. The molecule has 0 aromatic carbocycles. The molecule has 1 aliphatic heterocycles. The van der Waals surface area contributed by atoms with E-state index >= 15 is 0 Å². The molecule has 1 amide bonds. The Labute approximate surface area is 181 Å². The Balaban J connectivity index is 0.000000339. The lowest BCUT2D eigenvalue weighted by atomic mass is 9.97. The molecule has 1 aliphatic carbocycles. The van der Waals surface area contributed by atoms with Gasteiger partial charge in [0.2, 0.25) is 5.91 Å². The van der Waals surface area contributed by atoms with Gasteiger partial charge in [0.05, 0.1) is 13.0 Å². The monoisotopic (exact) mass is 456 g/mol. The number of amides is 1. The zero-order valence-electron chi connectivity index (χ0n) is 16.7. The Morgan fingerprint density at radius 3 is 2.65 bits per heavy atom. The number of nitrogens with zero attached hydrogens (tertiary/aromatic N) is 2. The molecule has 0 atom stereocenters. The average Bonchev–Trinajstić information content (AvgIpc) is 3.41. The van der Waals surface area contributed by atoms with Crippen molar-refractivity contribution in [3.05, 3.63) is 51.5 Å². The Hall–Kier alpha value is -2.46. The second-order valence-electron chi connectivity index (χ2n) is 7.52. The van der Waals surface area contributed by atoms with Crippen LogP contribution in [0.3, 0.4) is 0 Å². The van der Waals surface area contributed by atoms with Crippen LogP contribution in [0.2, 0.25) is 0 Å². The van der Waals surface area contributed by atoms with Gasteiger partial charge in [0, 0.05) is 37.0 Å². The summed E-state index contributed by atoms with van der Waals surface area (Å²) < 4.78 is 37.6. The molecule has 2 aromatic rings. The van der Waals surface area contributed by atoms with Gasteiger partial charge >= 0.3 is 12.1 Å². The molecule has 0 unspecified atom stereocenters. The summed E-state index contributed by atoms with van der Waals surface area (Å²) in [4.78, 5) is 28.9. The number of pyridine rings is 1. The predicted molar refractivity (Wildman–Crippen MR) is 107 cm³/mol. The first-order valence-corrected chi connectivity index (χ1v) is 10.7. The van der Waals surface area contributed by atoms with E-state index in [4.69, 9.17) is 14.6 Å². The number of hydrogen-bond donors (Lipinski definition) is 1. The maximum Gasteiger partial charge on any atom is 0.490 e. The molecule has 10 heteroatoms. The second kappa shape index (κ2) is 10.2. The van der Waals surface area contributed by atoms with Gasteiger partial charge in [-0.25, -0.2) is 4.79 Å². The normalized spacial score (nSPS) is 15.6. The third-order valence-corrected chi connectivity index (χ3v) is 5.91. The Morgan fingerprint density at radius 1 is 1.29 bits per heavy atom. The number of carboxylic acid groups (broad SMARTS) is 1. The van der Waals surface area contributed by atoms with Crippen molar-refractivity contribution in [3.8, 4) is 0 Å². The zero-order chi connectivity index (χ0) is 22.4. The quantitative estimate of drug-likeness (QED) is 0.715.